The maximum Gasteiger partial charge on any atom is 0.237 e. The lowest BCUT2D eigenvalue weighted by Crippen LogP contribution is -1.86. The van der Waals surface area contributed by atoms with Gasteiger partial charge in [0, 0.05) is 14.9 Å². The van der Waals surface area contributed by atoms with Gasteiger partial charge in [0.15, 0.2) is 0 Å². The molecule has 0 aliphatic rings. The van der Waals surface area contributed by atoms with Gasteiger partial charge in [0.05, 0.1) is 5.75 Å². The van der Waals surface area contributed by atoms with Crippen molar-refractivity contribution in [3.05, 3.63) is 64.5 Å². The minimum Gasteiger partial charge on any atom is -0.338 e. The molecule has 0 bridgehead atoms. The highest BCUT2D eigenvalue weighted by Crippen LogP contribution is 2.27. The molecule has 0 saturated heterocycles. The monoisotopic (exact) mass is 382 g/mol. The van der Waals surface area contributed by atoms with Crippen molar-refractivity contribution in [3.8, 4) is 11.4 Å². The summed E-state index contributed by atoms with van der Waals surface area (Å²) < 4.78 is 32.7. The molecule has 3 aromatic rings. The van der Waals surface area contributed by atoms with Crippen LogP contribution in [0.2, 0.25) is 0 Å². The Morgan fingerprint density at radius 3 is 2.82 bits per heavy atom. The third-order valence-electron chi connectivity index (χ3n) is 2.80. The molecule has 0 radical (unpaired) electrons. The first-order chi connectivity index (χ1) is 10.6. The molecule has 3 nitrogen and oxygen atoms in total. The Balaban J connectivity index is 1.73. The Morgan fingerprint density at radius 2 is 2.00 bits per heavy atom. The number of hydrogen-bond donors (Lipinski definition) is 0. The van der Waals surface area contributed by atoms with Crippen molar-refractivity contribution in [3.63, 3.8) is 0 Å². The quantitative estimate of drug-likeness (QED) is 0.590. The van der Waals surface area contributed by atoms with Gasteiger partial charge in [-0.3, -0.25) is 0 Å². The third-order valence-corrected chi connectivity index (χ3v) is 4.30. The molecule has 7 heteroatoms. The van der Waals surface area contributed by atoms with Crippen LogP contribution in [0.15, 0.2) is 56.4 Å². The molecule has 3 rings (SSSR count). The molecular weight excluding hydrogens is 374 g/mol. The molecule has 0 amide bonds. The zero-order valence-corrected chi connectivity index (χ0v) is 13.5. The highest BCUT2D eigenvalue weighted by molar-refractivity contribution is 9.10. The predicted molar refractivity (Wildman–Crippen MR) is 83.4 cm³/mol. The van der Waals surface area contributed by atoms with E-state index in [1.807, 2.05) is 24.3 Å². The average Bonchev–Trinajstić information content (AvgIpc) is 2.97. The number of hydrogen-bond acceptors (Lipinski definition) is 4. The van der Waals surface area contributed by atoms with Gasteiger partial charge in [0.1, 0.15) is 11.6 Å². The van der Waals surface area contributed by atoms with Crippen LogP contribution in [-0.4, -0.2) is 10.1 Å². The summed E-state index contributed by atoms with van der Waals surface area (Å²) in [6.45, 7) is 0. The van der Waals surface area contributed by atoms with Crippen molar-refractivity contribution in [1.82, 2.24) is 10.1 Å². The summed E-state index contributed by atoms with van der Waals surface area (Å²) in [6.07, 6.45) is 0. The summed E-state index contributed by atoms with van der Waals surface area (Å²) in [5.74, 6) is 0.115. The molecule has 1 aromatic heterocycles. The van der Waals surface area contributed by atoms with Gasteiger partial charge >= 0.3 is 0 Å². The summed E-state index contributed by atoms with van der Waals surface area (Å²) in [5.41, 5.74) is 0.811. The summed E-state index contributed by atoms with van der Waals surface area (Å²) in [5, 5.41) is 3.89. The summed E-state index contributed by atoms with van der Waals surface area (Å²) in [6, 6.07) is 10.8. The van der Waals surface area contributed by atoms with Crippen LogP contribution in [-0.2, 0) is 5.75 Å². The van der Waals surface area contributed by atoms with Gasteiger partial charge < -0.3 is 4.52 Å². The van der Waals surface area contributed by atoms with Crippen LogP contribution in [0.5, 0.6) is 0 Å². The van der Waals surface area contributed by atoms with Gasteiger partial charge in [-0.15, -0.1) is 11.8 Å². The molecule has 0 aliphatic heterocycles. The normalized spacial score (nSPS) is 10.9. The minimum absolute atomic E-state index is 0.210. The molecule has 0 unspecified atom stereocenters. The lowest BCUT2D eigenvalue weighted by atomic mass is 10.2. The maximum atomic E-state index is 13.5. The standard InChI is InChI=1S/C15H9BrF2N2OS/c16-10-3-1-2-9(6-10)15-19-14(21-20-15)8-22-13-7-11(17)4-5-12(13)18/h1-7H,8H2. The minimum atomic E-state index is -0.482. The number of benzene rings is 2. The van der Waals surface area contributed by atoms with Crippen molar-refractivity contribution in [1.29, 1.82) is 0 Å². The zero-order chi connectivity index (χ0) is 15.5. The summed E-state index contributed by atoms with van der Waals surface area (Å²) in [7, 11) is 0. The Bertz CT molecular complexity index is 810. The number of thioether (sulfide) groups is 1. The Hall–Kier alpha value is -1.73. The zero-order valence-electron chi connectivity index (χ0n) is 11.1. The SMILES string of the molecule is Fc1ccc(F)c(SCc2nc(-c3cccc(Br)c3)no2)c1. The molecule has 2 aromatic carbocycles. The summed E-state index contributed by atoms with van der Waals surface area (Å²) >= 11 is 4.48. The number of rotatable bonds is 4. The first-order valence-electron chi connectivity index (χ1n) is 6.28. The van der Waals surface area contributed by atoms with Crippen molar-refractivity contribution >= 4 is 27.7 Å². The molecule has 0 spiro atoms. The second-order valence-electron chi connectivity index (χ2n) is 4.39. The van der Waals surface area contributed by atoms with Gasteiger partial charge in [-0.1, -0.05) is 33.2 Å². The third kappa shape index (κ3) is 3.53. The predicted octanol–water partition coefficient (Wildman–Crippen LogP) is 5.07. The maximum absolute atomic E-state index is 13.5. The van der Waals surface area contributed by atoms with Crippen LogP contribution < -0.4 is 0 Å². The second kappa shape index (κ2) is 6.58. The first-order valence-corrected chi connectivity index (χ1v) is 8.06. The van der Waals surface area contributed by atoms with Crippen LogP contribution in [0.25, 0.3) is 11.4 Å². The van der Waals surface area contributed by atoms with E-state index in [0.29, 0.717) is 11.7 Å². The fraction of sp³-hybridized carbons (Fsp3) is 0.0667. The van der Waals surface area contributed by atoms with Gasteiger partial charge in [-0.25, -0.2) is 8.78 Å². The second-order valence-corrected chi connectivity index (χ2v) is 6.32. The van der Waals surface area contributed by atoms with Crippen LogP contribution in [0.1, 0.15) is 5.89 Å². The highest BCUT2D eigenvalue weighted by Gasteiger charge is 2.11. The van der Waals surface area contributed by atoms with Crippen LogP contribution in [0.4, 0.5) is 8.78 Å². The molecular formula is C15H9BrF2N2OS. The van der Waals surface area contributed by atoms with Crippen molar-refractivity contribution in [2.45, 2.75) is 10.6 Å². The summed E-state index contributed by atoms with van der Waals surface area (Å²) in [4.78, 5) is 4.46. The van der Waals surface area contributed by atoms with E-state index >= 15 is 0 Å². The number of aromatic nitrogens is 2. The van der Waals surface area contributed by atoms with E-state index in [-0.39, 0.29) is 10.6 Å². The molecule has 1 heterocycles. The molecule has 0 atom stereocenters. The Kier molecular flexibility index (Phi) is 4.54. The Labute approximate surface area is 137 Å². The highest BCUT2D eigenvalue weighted by atomic mass is 79.9. The van der Waals surface area contributed by atoms with Gasteiger partial charge in [-0.05, 0) is 30.3 Å². The van der Waals surface area contributed by atoms with E-state index in [9.17, 15) is 8.78 Å². The van der Waals surface area contributed by atoms with E-state index in [1.54, 1.807) is 0 Å². The molecule has 0 aliphatic carbocycles. The van der Waals surface area contributed by atoms with E-state index in [1.165, 1.54) is 0 Å². The molecule has 0 fully saturated rings. The smallest absolute Gasteiger partial charge is 0.237 e. The molecule has 112 valence electrons. The average molecular weight is 383 g/mol. The first kappa shape index (κ1) is 15.2. The van der Waals surface area contributed by atoms with Crippen LogP contribution >= 0.6 is 27.7 Å². The molecule has 0 N–H and O–H groups in total. The number of halogens is 3. The van der Waals surface area contributed by atoms with Crippen molar-refractivity contribution in [2.24, 2.45) is 0 Å². The Morgan fingerprint density at radius 1 is 1.14 bits per heavy atom. The van der Waals surface area contributed by atoms with Crippen molar-refractivity contribution in [2.75, 3.05) is 0 Å². The topological polar surface area (TPSA) is 38.9 Å². The van der Waals surface area contributed by atoms with E-state index in [4.69, 9.17) is 4.52 Å². The van der Waals surface area contributed by atoms with E-state index in [0.717, 1.165) is 40.0 Å². The lowest BCUT2D eigenvalue weighted by molar-refractivity contribution is 0.391. The molecule has 22 heavy (non-hydrogen) atoms. The van der Waals surface area contributed by atoms with Gasteiger partial charge in [0.25, 0.3) is 0 Å². The molecule has 0 saturated carbocycles. The van der Waals surface area contributed by atoms with Crippen LogP contribution in [0, 0.1) is 11.6 Å². The van der Waals surface area contributed by atoms with Crippen molar-refractivity contribution < 1.29 is 13.3 Å². The van der Waals surface area contributed by atoms with E-state index in [2.05, 4.69) is 26.1 Å². The largest absolute Gasteiger partial charge is 0.338 e. The van der Waals surface area contributed by atoms with Crippen LogP contribution in [0.3, 0.4) is 0 Å². The fourth-order valence-corrected chi connectivity index (χ4v) is 2.98. The lowest BCUT2D eigenvalue weighted by Gasteiger charge is -2.00. The number of nitrogens with zero attached hydrogens (tertiary/aromatic N) is 2. The van der Waals surface area contributed by atoms with Gasteiger partial charge in [-0.2, -0.15) is 4.98 Å². The van der Waals surface area contributed by atoms with E-state index < -0.39 is 11.6 Å². The van der Waals surface area contributed by atoms with Gasteiger partial charge in [0.2, 0.25) is 11.7 Å². The fourth-order valence-electron chi connectivity index (χ4n) is 1.79.